The Morgan fingerprint density at radius 3 is 2.41 bits per heavy atom. The van der Waals surface area contributed by atoms with Crippen molar-refractivity contribution in [2.24, 2.45) is 5.73 Å². The molecule has 1 aromatic carbocycles. The van der Waals surface area contributed by atoms with Gasteiger partial charge in [0.2, 0.25) is 0 Å². The average Bonchev–Trinajstić information content (AvgIpc) is 2.30. The van der Waals surface area contributed by atoms with Crippen LogP contribution in [-0.2, 0) is 0 Å². The van der Waals surface area contributed by atoms with Crippen molar-refractivity contribution >= 4 is 23.3 Å². The summed E-state index contributed by atoms with van der Waals surface area (Å²) < 4.78 is 0. The number of anilines is 1. The highest BCUT2D eigenvalue weighted by Gasteiger charge is 2.19. The highest BCUT2D eigenvalue weighted by molar-refractivity contribution is 6.30. The number of nitrogens with zero attached hydrogens (tertiary/aromatic N) is 1. The van der Waals surface area contributed by atoms with Gasteiger partial charge in [-0.2, -0.15) is 0 Å². The molecule has 0 spiro atoms. The van der Waals surface area contributed by atoms with Gasteiger partial charge in [0.25, 0.3) is 0 Å². The first kappa shape index (κ1) is 12.0. The van der Waals surface area contributed by atoms with Crippen LogP contribution >= 0.6 is 11.6 Å². The van der Waals surface area contributed by atoms with Crippen molar-refractivity contribution < 1.29 is 4.79 Å². The van der Waals surface area contributed by atoms with E-state index in [-0.39, 0.29) is 6.04 Å². The van der Waals surface area contributed by atoms with Gasteiger partial charge < -0.3 is 16.0 Å². The molecule has 5 heteroatoms. The third-order valence-corrected chi connectivity index (χ3v) is 3.29. The van der Waals surface area contributed by atoms with Gasteiger partial charge in [-0.3, -0.25) is 0 Å². The Morgan fingerprint density at radius 1 is 1.29 bits per heavy atom. The van der Waals surface area contributed by atoms with E-state index < -0.39 is 6.03 Å². The summed E-state index contributed by atoms with van der Waals surface area (Å²) >= 11 is 5.85. The van der Waals surface area contributed by atoms with Crippen LogP contribution < -0.4 is 16.0 Å². The summed E-state index contributed by atoms with van der Waals surface area (Å²) in [6, 6.07) is 7.59. The number of hydrogen-bond acceptors (Lipinski definition) is 2. The summed E-state index contributed by atoms with van der Waals surface area (Å²) in [4.78, 5) is 13.0. The van der Waals surface area contributed by atoms with Crippen LogP contribution in [0.15, 0.2) is 24.3 Å². The van der Waals surface area contributed by atoms with Crippen molar-refractivity contribution in [3.63, 3.8) is 0 Å². The van der Waals surface area contributed by atoms with E-state index in [4.69, 9.17) is 17.3 Å². The lowest BCUT2D eigenvalue weighted by Crippen LogP contribution is -2.46. The smallest absolute Gasteiger partial charge is 0.312 e. The van der Waals surface area contributed by atoms with Crippen molar-refractivity contribution in [3.05, 3.63) is 29.3 Å². The number of hydrogen-bond donors (Lipinski definition) is 2. The zero-order valence-electron chi connectivity index (χ0n) is 9.53. The zero-order valence-corrected chi connectivity index (χ0v) is 10.3. The first-order valence-electron chi connectivity index (χ1n) is 5.71. The molecule has 2 amide bonds. The number of rotatable bonds is 2. The second-order valence-electron chi connectivity index (χ2n) is 4.25. The molecular formula is C12H16ClN3O. The molecule has 0 aromatic heterocycles. The van der Waals surface area contributed by atoms with Crippen molar-refractivity contribution in [1.82, 2.24) is 5.32 Å². The molecule has 1 aliphatic heterocycles. The van der Waals surface area contributed by atoms with Crippen LogP contribution in [0.3, 0.4) is 0 Å². The predicted molar refractivity (Wildman–Crippen MR) is 69.4 cm³/mol. The lowest BCUT2D eigenvalue weighted by molar-refractivity contribution is 0.242. The van der Waals surface area contributed by atoms with E-state index in [1.807, 2.05) is 24.3 Å². The molecule has 0 saturated carbocycles. The SMILES string of the molecule is NC(=O)NC1CCN(c2ccc(Cl)cc2)CC1. The number of benzene rings is 1. The fourth-order valence-electron chi connectivity index (χ4n) is 2.14. The molecule has 0 aliphatic carbocycles. The van der Waals surface area contributed by atoms with Gasteiger partial charge in [-0.15, -0.1) is 0 Å². The van der Waals surface area contributed by atoms with E-state index in [2.05, 4.69) is 10.2 Å². The van der Waals surface area contributed by atoms with Gasteiger partial charge >= 0.3 is 6.03 Å². The monoisotopic (exact) mass is 253 g/mol. The minimum absolute atomic E-state index is 0.205. The van der Waals surface area contributed by atoms with Gasteiger partial charge in [-0.05, 0) is 37.1 Å². The zero-order chi connectivity index (χ0) is 12.3. The van der Waals surface area contributed by atoms with E-state index in [1.54, 1.807) is 0 Å². The van der Waals surface area contributed by atoms with Gasteiger partial charge in [0.15, 0.2) is 0 Å². The van der Waals surface area contributed by atoms with Crippen LogP contribution in [0.5, 0.6) is 0 Å². The molecule has 1 heterocycles. The summed E-state index contributed by atoms with van der Waals surface area (Å²) in [7, 11) is 0. The highest BCUT2D eigenvalue weighted by atomic mass is 35.5. The molecule has 92 valence electrons. The molecular weight excluding hydrogens is 238 g/mol. The number of piperidine rings is 1. The Labute approximate surface area is 106 Å². The Morgan fingerprint density at radius 2 is 1.88 bits per heavy atom. The molecule has 0 radical (unpaired) electrons. The fraction of sp³-hybridized carbons (Fsp3) is 0.417. The summed E-state index contributed by atoms with van der Waals surface area (Å²) in [5, 5.41) is 3.50. The minimum Gasteiger partial charge on any atom is -0.371 e. The van der Waals surface area contributed by atoms with Crippen LogP contribution in [0.2, 0.25) is 5.02 Å². The quantitative estimate of drug-likeness (QED) is 0.847. The Balaban J connectivity index is 1.90. The maximum atomic E-state index is 10.7. The molecule has 1 saturated heterocycles. The second kappa shape index (κ2) is 5.27. The summed E-state index contributed by atoms with van der Waals surface area (Å²) in [5.41, 5.74) is 6.28. The van der Waals surface area contributed by atoms with Gasteiger partial charge in [0.1, 0.15) is 0 Å². The van der Waals surface area contributed by atoms with Crippen molar-refractivity contribution in [2.75, 3.05) is 18.0 Å². The van der Waals surface area contributed by atoms with Gasteiger partial charge in [0.05, 0.1) is 0 Å². The van der Waals surface area contributed by atoms with Gasteiger partial charge in [0, 0.05) is 29.8 Å². The molecule has 17 heavy (non-hydrogen) atoms. The fourth-order valence-corrected chi connectivity index (χ4v) is 2.26. The molecule has 3 N–H and O–H groups in total. The Bertz CT molecular complexity index is 385. The lowest BCUT2D eigenvalue weighted by Gasteiger charge is -2.33. The molecule has 0 atom stereocenters. The number of urea groups is 1. The Kier molecular flexibility index (Phi) is 3.74. The number of carbonyl (C=O) groups excluding carboxylic acids is 1. The van der Waals surface area contributed by atoms with Crippen LogP contribution in [0.25, 0.3) is 0 Å². The molecule has 4 nitrogen and oxygen atoms in total. The number of primary amides is 1. The first-order chi connectivity index (χ1) is 8.15. The number of halogens is 1. The maximum absolute atomic E-state index is 10.7. The lowest BCUT2D eigenvalue weighted by atomic mass is 10.0. The summed E-state index contributed by atoms with van der Waals surface area (Å²) in [6.07, 6.45) is 1.84. The first-order valence-corrected chi connectivity index (χ1v) is 6.09. The van der Waals surface area contributed by atoms with Gasteiger partial charge in [-0.25, -0.2) is 4.79 Å². The van der Waals surface area contributed by atoms with Crippen molar-refractivity contribution in [2.45, 2.75) is 18.9 Å². The second-order valence-corrected chi connectivity index (χ2v) is 4.68. The van der Waals surface area contributed by atoms with Crippen LogP contribution in [-0.4, -0.2) is 25.2 Å². The van der Waals surface area contributed by atoms with Crippen LogP contribution in [0, 0.1) is 0 Å². The number of nitrogens with one attached hydrogen (secondary N) is 1. The third kappa shape index (κ3) is 3.27. The van der Waals surface area contributed by atoms with Crippen LogP contribution in [0.4, 0.5) is 10.5 Å². The van der Waals surface area contributed by atoms with Crippen molar-refractivity contribution in [3.8, 4) is 0 Å². The average molecular weight is 254 g/mol. The minimum atomic E-state index is -0.435. The molecule has 1 aliphatic rings. The summed E-state index contributed by atoms with van der Waals surface area (Å²) in [5.74, 6) is 0. The number of carbonyl (C=O) groups is 1. The molecule has 2 rings (SSSR count). The highest BCUT2D eigenvalue weighted by Crippen LogP contribution is 2.21. The van der Waals surface area contributed by atoms with E-state index in [0.717, 1.165) is 31.0 Å². The van der Waals surface area contributed by atoms with Gasteiger partial charge in [-0.1, -0.05) is 11.6 Å². The normalized spacial score (nSPS) is 16.9. The van der Waals surface area contributed by atoms with Crippen molar-refractivity contribution in [1.29, 1.82) is 0 Å². The number of amides is 2. The van der Waals surface area contributed by atoms with Crippen LogP contribution in [0.1, 0.15) is 12.8 Å². The Hall–Kier alpha value is -1.42. The van der Waals surface area contributed by atoms with E-state index >= 15 is 0 Å². The van der Waals surface area contributed by atoms with E-state index in [9.17, 15) is 4.79 Å². The third-order valence-electron chi connectivity index (χ3n) is 3.03. The maximum Gasteiger partial charge on any atom is 0.312 e. The molecule has 1 fully saturated rings. The molecule has 1 aromatic rings. The standard InChI is InChI=1S/C12H16ClN3O/c13-9-1-3-11(4-2-9)16-7-5-10(6-8-16)15-12(14)17/h1-4,10H,5-8H2,(H3,14,15,17). The molecule has 0 bridgehead atoms. The molecule has 0 unspecified atom stereocenters. The van der Waals surface area contributed by atoms with E-state index in [0.29, 0.717) is 0 Å². The predicted octanol–water partition coefficient (Wildman–Crippen LogP) is 1.98. The van der Waals surface area contributed by atoms with E-state index in [1.165, 1.54) is 5.69 Å². The largest absolute Gasteiger partial charge is 0.371 e. The topological polar surface area (TPSA) is 58.4 Å². The summed E-state index contributed by atoms with van der Waals surface area (Å²) in [6.45, 7) is 1.85. The number of nitrogens with two attached hydrogens (primary N) is 1.